The number of hydrogen-bond acceptors (Lipinski definition) is 4. The van der Waals surface area contributed by atoms with E-state index in [2.05, 4.69) is 10.6 Å². The fraction of sp³-hybridized carbons (Fsp3) is 0.357. The zero-order valence-electron chi connectivity index (χ0n) is 10.9. The summed E-state index contributed by atoms with van der Waals surface area (Å²) in [6.45, 7) is 0.596. The maximum atomic E-state index is 12.0. The van der Waals surface area contributed by atoms with Crippen molar-refractivity contribution in [3.05, 3.63) is 24.3 Å². The van der Waals surface area contributed by atoms with Crippen molar-refractivity contribution in [1.29, 1.82) is 5.26 Å². The van der Waals surface area contributed by atoms with Gasteiger partial charge in [-0.15, -0.1) is 0 Å². The fourth-order valence-electron chi connectivity index (χ4n) is 1.96. The van der Waals surface area contributed by atoms with Crippen molar-refractivity contribution in [2.75, 3.05) is 17.2 Å². The lowest BCUT2D eigenvalue weighted by Gasteiger charge is -2.14. The van der Waals surface area contributed by atoms with Crippen LogP contribution >= 0.6 is 0 Å². The molecule has 1 aliphatic heterocycles. The second-order valence-electron chi connectivity index (χ2n) is 4.42. The topological polar surface area (TPSA) is 91.2 Å². The van der Waals surface area contributed by atoms with Crippen LogP contribution in [-0.2, 0) is 14.3 Å². The molecule has 1 aromatic carbocycles. The van der Waals surface area contributed by atoms with Crippen LogP contribution in [0.1, 0.15) is 19.3 Å². The monoisotopic (exact) mass is 273 g/mol. The molecular weight excluding hydrogens is 258 g/mol. The van der Waals surface area contributed by atoms with Gasteiger partial charge in [0.25, 0.3) is 5.91 Å². The Balaban J connectivity index is 2.05. The maximum absolute atomic E-state index is 12.0. The molecule has 1 aromatic rings. The summed E-state index contributed by atoms with van der Waals surface area (Å²) < 4.78 is 5.30. The van der Waals surface area contributed by atoms with Gasteiger partial charge in [-0.1, -0.05) is 12.1 Å². The smallest absolute Gasteiger partial charge is 0.253 e. The van der Waals surface area contributed by atoms with Crippen molar-refractivity contribution >= 4 is 23.2 Å². The number of nitriles is 1. The summed E-state index contributed by atoms with van der Waals surface area (Å²) in [5.41, 5.74) is 0.971. The summed E-state index contributed by atoms with van der Waals surface area (Å²) in [6, 6.07) is 8.62. The van der Waals surface area contributed by atoms with E-state index in [0.29, 0.717) is 24.4 Å². The molecule has 0 aromatic heterocycles. The highest BCUT2D eigenvalue weighted by atomic mass is 16.5. The molecule has 1 saturated heterocycles. The molecule has 1 unspecified atom stereocenters. The number of para-hydroxylation sites is 2. The Kier molecular flexibility index (Phi) is 4.69. The van der Waals surface area contributed by atoms with E-state index in [-0.39, 0.29) is 12.3 Å². The normalized spacial score (nSPS) is 17.2. The lowest BCUT2D eigenvalue weighted by molar-refractivity contribution is -0.124. The highest BCUT2D eigenvalue weighted by molar-refractivity contribution is 6.01. The zero-order chi connectivity index (χ0) is 14.4. The van der Waals surface area contributed by atoms with Crippen LogP contribution in [0, 0.1) is 11.3 Å². The first-order chi connectivity index (χ1) is 9.70. The quantitative estimate of drug-likeness (QED) is 0.872. The standard InChI is InChI=1S/C14H15N3O3/c15-8-7-13(18)16-10-4-1-2-5-11(10)17-14(19)12-6-3-9-20-12/h1-2,4-5,12H,3,6-7,9H2,(H,16,18)(H,17,19). The number of carbonyl (C=O) groups excluding carboxylic acids is 2. The molecular formula is C14H15N3O3. The molecule has 1 atom stereocenters. The van der Waals surface area contributed by atoms with E-state index in [9.17, 15) is 9.59 Å². The van der Waals surface area contributed by atoms with Crippen LogP contribution in [0.5, 0.6) is 0 Å². The molecule has 2 rings (SSSR count). The summed E-state index contributed by atoms with van der Waals surface area (Å²) in [5.74, 6) is -0.629. The van der Waals surface area contributed by atoms with Gasteiger partial charge in [0.15, 0.2) is 0 Å². The average molecular weight is 273 g/mol. The van der Waals surface area contributed by atoms with Crippen LogP contribution in [0.4, 0.5) is 11.4 Å². The number of nitrogens with zero attached hydrogens (tertiary/aromatic N) is 1. The maximum Gasteiger partial charge on any atom is 0.253 e. The van der Waals surface area contributed by atoms with E-state index in [4.69, 9.17) is 10.00 Å². The average Bonchev–Trinajstić information content (AvgIpc) is 2.95. The highest BCUT2D eigenvalue weighted by Gasteiger charge is 2.24. The van der Waals surface area contributed by atoms with E-state index < -0.39 is 12.0 Å². The van der Waals surface area contributed by atoms with Gasteiger partial charge in [-0.25, -0.2) is 0 Å². The molecule has 6 nitrogen and oxygen atoms in total. The molecule has 104 valence electrons. The Morgan fingerprint density at radius 3 is 2.60 bits per heavy atom. The summed E-state index contributed by atoms with van der Waals surface area (Å²) in [7, 11) is 0. The number of rotatable bonds is 4. The number of nitrogens with one attached hydrogen (secondary N) is 2. The summed E-state index contributed by atoms with van der Waals surface area (Å²) >= 11 is 0. The van der Waals surface area contributed by atoms with Gasteiger partial charge < -0.3 is 15.4 Å². The van der Waals surface area contributed by atoms with Crippen LogP contribution < -0.4 is 10.6 Å². The molecule has 0 spiro atoms. The van der Waals surface area contributed by atoms with Gasteiger partial charge in [-0.05, 0) is 25.0 Å². The first-order valence-corrected chi connectivity index (χ1v) is 6.39. The van der Waals surface area contributed by atoms with Gasteiger partial charge >= 0.3 is 0 Å². The molecule has 0 bridgehead atoms. The molecule has 2 amide bonds. The third-order valence-electron chi connectivity index (χ3n) is 2.92. The molecule has 20 heavy (non-hydrogen) atoms. The van der Waals surface area contributed by atoms with Crippen molar-refractivity contribution in [3.63, 3.8) is 0 Å². The predicted molar refractivity (Wildman–Crippen MR) is 72.9 cm³/mol. The molecule has 0 aliphatic carbocycles. The third-order valence-corrected chi connectivity index (χ3v) is 2.92. The Labute approximate surface area is 116 Å². The Morgan fingerprint density at radius 2 is 2.00 bits per heavy atom. The van der Waals surface area contributed by atoms with Crippen LogP contribution in [-0.4, -0.2) is 24.5 Å². The minimum absolute atomic E-state index is 0.218. The number of benzene rings is 1. The van der Waals surface area contributed by atoms with Crippen molar-refractivity contribution in [2.24, 2.45) is 0 Å². The van der Waals surface area contributed by atoms with Gasteiger partial charge in [0.05, 0.1) is 17.4 Å². The highest BCUT2D eigenvalue weighted by Crippen LogP contribution is 2.22. The Morgan fingerprint density at radius 1 is 1.30 bits per heavy atom. The van der Waals surface area contributed by atoms with Crippen molar-refractivity contribution in [2.45, 2.75) is 25.4 Å². The lowest BCUT2D eigenvalue weighted by Crippen LogP contribution is -2.27. The molecule has 2 N–H and O–H groups in total. The summed E-state index contributed by atoms with van der Waals surface area (Å²) in [6.07, 6.45) is 0.916. The Hall–Kier alpha value is -2.39. The Bertz CT molecular complexity index is 545. The minimum Gasteiger partial charge on any atom is -0.368 e. The van der Waals surface area contributed by atoms with Crippen LogP contribution in [0.2, 0.25) is 0 Å². The van der Waals surface area contributed by atoms with E-state index >= 15 is 0 Å². The SMILES string of the molecule is N#CCC(=O)Nc1ccccc1NC(=O)C1CCCO1. The zero-order valence-corrected chi connectivity index (χ0v) is 10.9. The van der Waals surface area contributed by atoms with Crippen LogP contribution in [0.15, 0.2) is 24.3 Å². The molecule has 1 heterocycles. The molecule has 6 heteroatoms. The first kappa shape index (κ1) is 14.0. The summed E-state index contributed by atoms with van der Waals surface area (Å²) in [4.78, 5) is 23.4. The number of amides is 2. The van der Waals surface area contributed by atoms with Crippen molar-refractivity contribution in [3.8, 4) is 6.07 Å². The number of anilines is 2. The number of hydrogen-bond donors (Lipinski definition) is 2. The largest absolute Gasteiger partial charge is 0.368 e. The number of carbonyl (C=O) groups is 2. The molecule has 1 fully saturated rings. The van der Waals surface area contributed by atoms with Crippen molar-refractivity contribution < 1.29 is 14.3 Å². The van der Waals surface area contributed by atoms with E-state index in [1.807, 2.05) is 0 Å². The number of ether oxygens (including phenoxy) is 1. The first-order valence-electron chi connectivity index (χ1n) is 6.39. The van der Waals surface area contributed by atoms with Gasteiger partial charge in [0, 0.05) is 6.61 Å². The van der Waals surface area contributed by atoms with Crippen LogP contribution in [0.25, 0.3) is 0 Å². The van der Waals surface area contributed by atoms with Crippen molar-refractivity contribution in [1.82, 2.24) is 0 Å². The molecule has 0 saturated carbocycles. The van der Waals surface area contributed by atoms with E-state index in [1.165, 1.54) is 0 Å². The fourth-order valence-corrected chi connectivity index (χ4v) is 1.96. The van der Waals surface area contributed by atoms with Gasteiger partial charge in [-0.3, -0.25) is 9.59 Å². The van der Waals surface area contributed by atoms with Gasteiger partial charge in [-0.2, -0.15) is 5.26 Å². The molecule has 1 aliphatic rings. The second kappa shape index (κ2) is 6.68. The summed E-state index contributed by atoms with van der Waals surface area (Å²) in [5, 5.41) is 13.8. The lowest BCUT2D eigenvalue weighted by atomic mass is 10.2. The van der Waals surface area contributed by atoms with Crippen LogP contribution in [0.3, 0.4) is 0 Å². The van der Waals surface area contributed by atoms with E-state index in [0.717, 1.165) is 6.42 Å². The second-order valence-corrected chi connectivity index (χ2v) is 4.42. The van der Waals surface area contributed by atoms with Gasteiger partial charge in [0.2, 0.25) is 5.91 Å². The molecule has 0 radical (unpaired) electrons. The van der Waals surface area contributed by atoms with Gasteiger partial charge in [0.1, 0.15) is 12.5 Å². The predicted octanol–water partition coefficient (Wildman–Crippen LogP) is 1.66. The minimum atomic E-state index is -0.433. The third kappa shape index (κ3) is 3.56. The van der Waals surface area contributed by atoms with E-state index in [1.54, 1.807) is 30.3 Å².